The Hall–Kier alpha value is -4.68. The van der Waals surface area contributed by atoms with Gasteiger partial charge in [-0.05, 0) is 68.1 Å². The van der Waals surface area contributed by atoms with Crippen molar-refractivity contribution in [3.8, 4) is 5.75 Å². The van der Waals surface area contributed by atoms with Crippen LogP contribution in [0.1, 0.15) is 49.8 Å². The Kier molecular flexibility index (Phi) is 7.99. The van der Waals surface area contributed by atoms with Crippen molar-refractivity contribution < 1.29 is 19.4 Å². The molecule has 0 saturated carbocycles. The number of aliphatic hydroxyl groups excluding tert-OH is 1. The predicted molar refractivity (Wildman–Crippen MR) is 185 cm³/mol. The van der Waals surface area contributed by atoms with Crippen LogP contribution in [0.5, 0.6) is 5.75 Å². The van der Waals surface area contributed by atoms with Gasteiger partial charge >= 0.3 is 0 Å². The molecular weight excluding hydrogens is 572 g/mol. The summed E-state index contributed by atoms with van der Waals surface area (Å²) in [6.45, 7) is 10.2. The standard InChI is InChI=1S/C40H40N2O4/c1-25(2)21-27(4)42(30-13-9-26(3)10-14-30)31-15-11-28(12-16-31)37-39(43)38(40(37)44)35-22-41(36-8-6-5-7-34(35)36)29-17-19-32(20-18-29)45-23-33-24-46-33/h5-20,22,25,27,33,35,38H,21,23-24H2,1-4H3/p+1. The van der Waals surface area contributed by atoms with E-state index in [0.29, 0.717) is 18.1 Å². The van der Waals surface area contributed by atoms with E-state index in [1.54, 1.807) is 0 Å². The number of anilines is 2. The SMILES string of the molecule is Cc1ccc(N(c2ccc(C3=C(O)C(C4C=[N+](c5ccc(OCC6CO6)cc5)c5ccccc54)C3=O)cc2)C(C)CC(C)C)cc1. The van der Waals surface area contributed by atoms with Gasteiger partial charge in [-0.25, -0.2) is 0 Å². The highest BCUT2D eigenvalue weighted by Crippen LogP contribution is 2.48. The van der Waals surface area contributed by atoms with Crippen LogP contribution >= 0.6 is 0 Å². The number of aryl methyl sites for hydroxylation is 1. The topological polar surface area (TPSA) is 65.3 Å². The van der Waals surface area contributed by atoms with Crippen LogP contribution in [0.3, 0.4) is 0 Å². The summed E-state index contributed by atoms with van der Waals surface area (Å²) in [6, 6.07) is 33.0. The zero-order valence-corrected chi connectivity index (χ0v) is 26.9. The molecule has 0 bridgehead atoms. The molecule has 0 spiro atoms. The lowest BCUT2D eigenvalue weighted by molar-refractivity contribution is -0.119. The molecular formula is C40H41N2O4+. The van der Waals surface area contributed by atoms with Crippen molar-refractivity contribution in [2.24, 2.45) is 11.8 Å². The maximum Gasteiger partial charge on any atom is 0.214 e. The van der Waals surface area contributed by atoms with Gasteiger partial charge < -0.3 is 19.5 Å². The van der Waals surface area contributed by atoms with Crippen LogP contribution in [0.15, 0.2) is 103 Å². The van der Waals surface area contributed by atoms with Crippen molar-refractivity contribution in [1.82, 2.24) is 4.58 Å². The van der Waals surface area contributed by atoms with E-state index in [0.717, 1.165) is 52.7 Å². The summed E-state index contributed by atoms with van der Waals surface area (Å²) in [5, 5.41) is 11.4. The normalized spacial score (nSPS) is 20.7. The van der Waals surface area contributed by atoms with Crippen molar-refractivity contribution in [1.29, 1.82) is 0 Å². The van der Waals surface area contributed by atoms with Gasteiger partial charge in [0.1, 0.15) is 24.2 Å². The summed E-state index contributed by atoms with van der Waals surface area (Å²) in [4.78, 5) is 16.2. The number of epoxide rings is 1. The molecule has 6 nitrogen and oxygen atoms in total. The molecule has 2 heterocycles. The summed E-state index contributed by atoms with van der Waals surface area (Å²) < 4.78 is 13.2. The molecule has 1 aliphatic carbocycles. The van der Waals surface area contributed by atoms with Crippen molar-refractivity contribution in [2.45, 2.75) is 52.2 Å². The number of carbonyl (C=O) groups excluding carboxylic acids is 1. The zero-order chi connectivity index (χ0) is 31.9. The molecule has 0 radical (unpaired) electrons. The molecule has 2 aliphatic heterocycles. The number of allylic oxidation sites excluding steroid dienone is 2. The summed E-state index contributed by atoms with van der Waals surface area (Å²) in [5.41, 5.74) is 7.61. The van der Waals surface area contributed by atoms with Gasteiger partial charge in [-0.2, -0.15) is 4.58 Å². The maximum absolute atomic E-state index is 13.8. The molecule has 46 heavy (non-hydrogen) atoms. The second kappa shape index (κ2) is 12.3. The van der Waals surface area contributed by atoms with Crippen LogP contribution in [0.25, 0.3) is 5.57 Å². The average Bonchev–Trinajstić information content (AvgIpc) is 3.82. The van der Waals surface area contributed by atoms with Gasteiger partial charge in [-0.1, -0.05) is 61.9 Å². The number of para-hydroxylation sites is 1. The Morgan fingerprint density at radius 3 is 2.20 bits per heavy atom. The van der Waals surface area contributed by atoms with Gasteiger partial charge in [0, 0.05) is 41.2 Å². The van der Waals surface area contributed by atoms with Gasteiger partial charge in [0.25, 0.3) is 0 Å². The van der Waals surface area contributed by atoms with Gasteiger partial charge in [-0.3, -0.25) is 4.79 Å². The third-order valence-electron chi connectivity index (χ3n) is 9.26. The monoisotopic (exact) mass is 613 g/mol. The highest BCUT2D eigenvalue weighted by atomic mass is 16.6. The predicted octanol–water partition coefficient (Wildman–Crippen LogP) is 8.52. The average molecular weight is 614 g/mol. The summed E-state index contributed by atoms with van der Waals surface area (Å²) >= 11 is 0. The minimum Gasteiger partial charge on any atom is -0.511 e. The number of carbonyl (C=O) groups is 1. The second-order valence-corrected chi connectivity index (χ2v) is 13.2. The number of ether oxygens (including phenoxy) is 2. The number of hydrogen-bond acceptors (Lipinski definition) is 5. The van der Waals surface area contributed by atoms with E-state index in [1.165, 1.54) is 5.56 Å². The number of aliphatic hydroxyl groups is 1. The molecule has 234 valence electrons. The van der Waals surface area contributed by atoms with Crippen molar-refractivity contribution in [3.05, 3.63) is 120 Å². The lowest BCUT2D eigenvalue weighted by atomic mass is 9.70. The fraction of sp³-hybridized carbons (Fsp3) is 0.300. The summed E-state index contributed by atoms with van der Waals surface area (Å²) in [5.74, 6) is 0.608. The first kappa shape index (κ1) is 30.0. The molecule has 1 N–H and O–H groups in total. The lowest BCUT2D eigenvalue weighted by Crippen LogP contribution is -2.35. The summed E-state index contributed by atoms with van der Waals surface area (Å²) in [7, 11) is 0. The third-order valence-corrected chi connectivity index (χ3v) is 9.26. The summed E-state index contributed by atoms with van der Waals surface area (Å²) in [6.07, 6.45) is 3.31. The van der Waals surface area contributed by atoms with E-state index in [1.807, 2.05) is 48.5 Å². The molecule has 0 aromatic heterocycles. The number of hydrogen-bond donors (Lipinski definition) is 1. The first-order valence-corrected chi connectivity index (χ1v) is 16.3. The van der Waals surface area contributed by atoms with E-state index in [4.69, 9.17) is 9.47 Å². The number of rotatable bonds is 11. The largest absolute Gasteiger partial charge is 0.511 e. The Labute approximate surface area is 271 Å². The van der Waals surface area contributed by atoms with Gasteiger partial charge in [-0.15, -0.1) is 0 Å². The van der Waals surface area contributed by atoms with E-state index in [2.05, 4.69) is 91.9 Å². The molecule has 0 amide bonds. The van der Waals surface area contributed by atoms with Crippen LogP contribution in [-0.4, -0.2) is 42.5 Å². The maximum atomic E-state index is 13.8. The first-order chi connectivity index (χ1) is 22.3. The van der Waals surface area contributed by atoms with Crippen molar-refractivity contribution in [2.75, 3.05) is 18.1 Å². The van der Waals surface area contributed by atoms with Gasteiger partial charge in [0.2, 0.25) is 11.4 Å². The van der Waals surface area contributed by atoms with Crippen LogP contribution in [0.2, 0.25) is 0 Å². The number of fused-ring (bicyclic) bond motifs is 1. The third kappa shape index (κ3) is 5.74. The Morgan fingerprint density at radius 1 is 0.913 bits per heavy atom. The molecule has 7 rings (SSSR count). The Balaban J connectivity index is 1.14. The van der Waals surface area contributed by atoms with E-state index < -0.39 is 5.92 Å². The van der Waals surface area contributed by atoms with Gasteiger partial charge in [0.05, 0.1) is 24.0 Å². The second-order valence-electron chi connectivity index (χ2n) is 13.2. The smallest absolute Gasteiger partial charge is 0.214 e. The molecule has 4 aromatic carbocycles. The van der Waals surface area contributed by atoms with Crippen molar-refractivity contribution in [3.63, 3.8) is 0 Å². The Morgan fingerprint density at radius 2 is 1.57 bits per heavy atom. The minimum atomic E-state index is -0.614. The van der Waals surface area contributed by atoms with Crippen LogP contribution in [-0.2, 0) is 9.53 Å². The highest BCUT2D eigenvalue weighted by molar-refractivity contribution is 6.30. The first-order valence-electron chi connectivity index (χ1n) is 16.3. The van der Waals surface area contributed by atoms with Crippen molar-refractivity contribution >= 4 is 40.3 Å². The molecule has 6 heteroatoms. The van der Waals surface area contributed by atoms with Gasteiger partial charge in [0.15, 0.2) is 12.0 Å². The van der Waals surface area contributed by atoms with Crippen LogP contribution < -0.4 is 14.2 Å². The minimum absolute atomic E-state index is 0.0298. The van der Waals surface area contributed by atoms with Crippen LogP contribution in [0, 0.1) is 18.8 Å². The molecule has 1 fully saturated rings. The van der Waals surface area contributed by atoms with E-state index in [-0.39, 0.29) is 29.6 Å². The van der Waals surface area contributed by atoms with E-state index in [9.17, 15) is 9.90 Å². The molecule has 4 aromatic rings. The highest BCUT2D eigenvalue weighted by Gasteiger charge is 2.50. The fourth-order valence-corrected chi connectivity index (χ4v) is 6.90. The van der Waals surface area contributed by atoms with Crippen LogP contribution in [0.4, 0.5) is 22.7 Å². The Bertz CT molecular complexity index is 1800. The number of Topliss-reactive ketones (excluding diaryl/α,β-unsaturated/α-hetero) is 1. The molecule has 4 unspecified atom stereocenters. The molecule has 4 atom stereocenters. The number of nitrogens with zero attached hydrogens (tertiary/aromatic N) is 2. The number of benzene rings is 4. The number of ketones is 1. The quantitative estimate of drug-likeness (QED) is 0.136. The lowest BCUT2D eigenvalue weighted by Gasteiger charge is -2.33. The zero-order valence-electron chi connectivity index (χ0n) is 26.9. The molecule has 1 saturated heterocycles. The fourth-order valence-electron chi connectivity index (χ4n) is 6.90. The van der Waals surface area contributed by atoms with E-state index >= 15 is 0 Å². The molecule has 3 aliphatic rings.